The molecule has 0 saturated carbocycles. The van der Waals surface area contributed by atoms with E-state index in [4.69, 9.17) is 16.3 Å². The first-order valence-electron chi connectivity index (χ1n) is 3.75. The van der Waals surface area contributed by atoms with Crippen molar-refractivity contribution >= 4 is 22.5 Å². The Bertz CT molecular complexity index is 303. The molecule has 0 atom stereocenters. The van der Waals surface area contributed by atoms with Crippen LogP contribution in [0, 0.1) is 0 Å². The molecule has 70 valence electrons. The van der Waals surface area contributed by atoms with Gasteiger partial charge in [0.05, 0.1) is 12.7 Å². The number of methoxy groups -OCH3 is 1. The minimum absolute atomic E-state index is 0.370. The van der Waals surface area contributed by atoms with E-state index < -0.39 is 5.24 Å². The second-order valence-electron chi connectivity index (χ2n) is 2.41. The summed E-state index contributed by atoms with van der Waals surface area (Å²) in [6.45, 7) is 0. The standard InChI is InChI=1S/C9H10ClNO2/c1-11-6-4-3-5-7(13-2)8(6)9(10)12/h3-5,11H,1-2H3. The molecule has 3 nitrogen and oxygen atoms in total. The van der Waals surface area contributed by atoms with Crippen LogP contribution in [0.15, 0.2) is 18.2 Å². The van der Waals surface area contributed by atoms with Crippen molar-refractivity contribution in [1.82, 2.24) is 0 Å². The first-order valence-corrected chi connectivity index (χ1v) is 4.13. The Balaban J connectivity index is 3.29. The van der Waals surface area contributed by atoms with Gasteiger partial charge < -0.3 is 10.1 Å². The van der Waals surface area contributed by atoms with E-state index >= 15 is 0 Å². The average Bonchev–Trinajstić information content (AvgIpc) is 2.16. The minimum Gasteiger partial charge on any atom is -0.496 e. The van der Waals surface area contributed by atoms with Crippen LogP contribution >= 0.6 is 11.6 Å². The van der Waals surface area contributed by atoms with Crippen molar-refractivity contribution in [1.29, 1.82) is 0 Å². The van der Waals surface area contributed by atoms with E-state index in [1.807, 2.05) is 0 Å². The van der Waals surface area contributed by atoms with Gasteiger partial charge in [0.15, 0.2) is 0 Å². The molecular weight excluding hydrogens is 190 g/mol. The fourth-order valence-corrected chi connectivity index (χ4v) is 1.31. The third kappa shape index (κ3) is 1.92. The van der Waals surface area contributed by atoms with Crippen LogP contribution in [0.3, 0.4) is 0 Å². The lowest BCUT2D eigenvalue weighted by atomic mass is 10.1. The van der Waals surface area contributed by atoms with Crippen LogP contribution in [0.4, 0.5) is 5.69 Å². The lowest BCUT2D eigenvalue weighted by molar-refractivity contribution is 0.107. The number of halogens is 1. The molecular formula is C9H10ClNO2. The Morgan fingerprint density at radius 3 is 2.69 bits per heavy atom. The molecule has 0 fully saturated rings. The number of anilines is 1. The second-order valence-corrected chi connectivity index (χ2v) is 2.75. The highest BCUT2D eigenvalue weighted by atomic mass is 35.5. The van der Waals surface area contributed by atoms with Gasteiger partial charge in [0.2, 0.25) is 0 Å². The van der Waals surface area contributed by atoms with Crippen LogP contribution in [0.25, 0.3) is 0 Å². The molecule has 13 heavy (non-hydrogen) atoms. The van der Waals surface area contributed by atoms with E-state index in [1.54, 1.807) is 25.2 Å². The highest BCUT2D eigenvalue weighted by molar-refractivity contribution is 6.68. The van der Waals surface area contributed by atoms with Crippen molar-refractivity contribution in [2.45, 2.75) is 0 Å². The zero-order valence-corrected chi connectivity index (χ0v) is 8.18. The van der Waals surface area contributed by atoms with Crippen molar-refractivity contribution in [3.05, 3.63) is 23.8 Å². The Labute approximate surface area is 81.7 Å². The summed E-state index contributed by atoms with van der Waals surface area (Å²) < 4.78 is 5.00. The van der Waals surface area contributed by atoms with Gasteiger partial charge >= 0.3 is 0 Å². The zero-order valence-electron chi connectivity index (χ0n) is 7.43. The van der Waals surface area contributed by atoms with Crippen LogP contribution in [0.5, 0.6) is 5.75 Å². The first kappa shape index (κ1) is 9.86. The van der Waals surface area contributed by atoms with Crippen molar-refractivity contribution < 1.29 is 9.53 Å². The normalized spacial score (nSPS) is 9.46. The number of hydrogen-bond donors (Lipinski definition) is 1. The van der Waals surface area contributed by atoms with E-state index in [1.165, 1.54) is 7.11 Å². The Morgan fingerprint density at radius 1 is 1.54 bits per heavy atom. The number of rotatable bonds is 3. The largest absolute Gasteiger partial charge is 0.496 e. The summed E-state index contributed by atoms with van der Waals surface area (Å²) in [5.41, 5.74) is 1.04. The SMILES string of the molecule is CNc1cccc(OC)c1C(=O)Cl. The van der Waals surface area contributed by atoms with E-state index in [0.717, 1.165) is 0 Å². The van der Waals surface area contributed by atoms with Gasteiger partial charge in [-0.25, -0.2) is 0 Å². The van der Waals surface area contributed by atoms with Gasteiger partial charge in [0, 0.05) is 12.7 Å². The molecule has 0 aliphatic rings. The van der Waals surface area contributed by atoms with Crippen molar-refractivity contribution in [2.75, 3.05) is 19.5 Å². The van der Waals surface area contributed by atoms with Crippen LogP contribution in [0.1, 0.15) is 10.4 Å². The highest BCUT2D eigenvalue weighted by Gasteiger charge is 2.13. The summed E-state index contributed by atoms with van der Waals surface area (Å²) in [7, 11) is 3.22. The summed E-state index contributed by atoms with van der Waals surface area (Å²) in [4.78, 5) is 11.1. The molecule has 1 N–H and O–H groups in total. The number of ether oxygens (including phenoxy) is 1. The highest BCUT2D eigenvalue weighted by Crippen LogP contribution is 2.27. The molecule has 4 heteroatoms. The quantitative estimate of drug-likeness (QED) is 0.758. The van der Waals surface area contributed by atoms with Crippen molar-refractivity contribution in [3.63, 3.8) is 0 Å². The number of hydrogen-bond acceptors (Lipinski definition) is 3. The van der Waals surface area contributed by atoms with Gasteiger partial charge in [0.25, 0.3) is 5.24 Å². The van der Waals surface area contributed by atoms with E-state index in [9.17, 15) is 4.79 Å². The molecule has 0 unspecified atom stereocenters. The summed E-state index contributed by atoms with van der Waals surface area (Å²) in [6.07, 6.45) is 0. The van der Waals surface area contributed by atoms with E-state index in [0.29, 0.717) is 17.0 Å². The molecule has 0 aromatic heterocycles. The van der Waals surface area contributed by atoms with Crippen LogP contribution in [-0.2, 0) is 0 Å². The molecule has 0 saturated heterocycles. The molecule has 0 spiro atoms. The van der Waals surface area contributed by atoms with Gasteiger partial charge in [-0.05, 0) is 23.7 Å². The summed E-state index contributed by atoms with van der Waals surface area (Å²) in [5.74, 6) is 0.479. The minimum atomic E-state index is -0.526. The van der Waals surface area contributed by atoms with Gasteiger partial charge in [0.1, 0.15) is 5.75 Å². The van der Waals surface area contributed by atoms with E-state index in [2.05, 4.69) is 5.32 Å². The van der Waals surface area contributed by atoms with Crippen LogP contribution < -0.4 is 10.1 Å². The summed E-state index contributed by atoms with van der Waals surface area (Å²) >= 11 is 5.41. The van der Waals surface area contributed by atoms with Crippen molar-refractivity contribution in [3.8, 4) is 5.75 Å². The lowest BCUT2D eigenvalue weighted by Crippen LogP contribution is -2.01. The first-order chi connectivity index (χ1) is 6.20. The topological polar surface area (TPSA) is 38.3 Å². The molecule has 1 aromatic rings. The smallest absolute Gasteiger partial charge is 0.258 e. The molecule has 0 aliphatic carbocycles. The number of nitrogens with one attached hydrogen (secondary N) is 1. The fourth-order valence-electron chi connectivity index (χ4n) is 1.11. The Hall–Kier alpha value is -1.22. The average molecular weight is 200 g/mol. The molecule has 0 amide bonds. The maximum Gasteiger partial charge on any atom is 0.258 e. The third-order valence-electron chi connectivity index (χ3n) is 1.71. The van der Waals surface area contributed by atoms with Crippen LogP contribution in [0.2, 0.25) is 0 Å². The Morgan fingerprint density at radius 2 is 2.23 bits per heavy atom. The van der Waals surface area contributed by atoms with E-state index in [-0.39, 0.29) is 0 Å². The molecule has 0 radical (unpaired) electrons. The second kappa shape index (κ2) is 4.14. The summed E-state index contributed by atoms with van der Waals surface area (Å²) in [5, 5.41) is 2.34. The zero-order chi connectivity index (χ0) is 9.84. The third-order valence-corrected chi connectivity index (χ3v) is 1.90. The summed E-state index contributed by atoms with van der Waals surface area (Å²) in [6, 6.07) is 5.24. The van der Waals surface area contributed by atoms with Gasteiger partial charge in [-0.1, -0.05) is 6.07 Å². The number of carbonyl (C=O) groups is 1. The lowest BCUT2D eigenvalue weighted by Gasteiger charge is -2.09. The predicted octanol–water partition coefficient (Wildman–Crippen LogP) is 2.12. The van der Waals surface area contributed by atoms with Gasteiger partial charge in [-0.15, -0.1) is 0 Å². The predicted molar refractivity (Wildman–Crippen MR) is 52.7 cm³/mol. The molecule has 1 aromatic carbocycles. The number of benzene rings is 1. The maximum atomic E-state index is 11.1. The maximum absolute atomic E-state index is 11.1. The monoisotopic (exact) mass is 199 g/mol. The molecule has 0 aliphatic heterocycles. The molecule has 1 rings (SSSR count). The molecule has 0 heterocycles. The fraction of sp³-hybridized carbons (Fsp3) is 0.222. The Kier molecular flexibility index (Phi) is 3.14. The van der Waals surface area contributed by atoms with Gasteiger partial charge in [-0.3, -0.25) is 4.79 Å². The van der Waals surface area contributed by atoms with Crippen molar-refractivity contribution in [2.24, 2.45) is 0 Å². The molecule has 0 bridgehead atoms. The van der Waals surface area contributed by atoms with Crippen LogP contribution in [-0.4, -0.2) is 19.4 Å². The van der Waals surface area contributed by atoms with Gasteiger partial charge in [-0.2, -0.15) is 0 Å². The number of carbonyl (C=O) groups excluding carboxylic acids is 1.